The Balaban J connectivity index is 1.35. The van der Waals surface area contributed by atoms with E-state index in [1.165, 1.54) is 6.07 Å². The number of para-hydroxylation sites is 2. The Morgan fingerprint density at radius 2 is 0.972 bits per heavy atom. The second-order valence-corrected chi connectivity index (χ2v) is 8.01. The topological polar surface area (TPSA) is 124 Å². The van der Waals surface area contributed by atoms with Gasteiger partial charge in [0.05, 0.1) is 35.6 Å². The molecule has 0 unspecified atom stereocenters. The lowest BCUT2D eigenvalue weighted by Gasteiger charge is -2.18. The molecule has 36 heavy (non-hydrogen) atoms. The molecule has 0 atom stereocenters. The summed E-state index contributed by atoms with van der Waals surface area (Å²) in [6.45, 7) is 0. The molecule has 4 amide bonds. The smallest absolute Gasteiger partial charge is 0.278 e. The number of amides is 4. The summed E-state index contributed by atoms with van der Waals surface area (Å²) in [4.78, 5) is 53.2. The molecule has 0 bridgehead atoms. The molecular weight excluding hydrogens is 460 g/mol. The minimum Gasteiger partial charge on any atom is -0.278 e. The Labute approximate surface area is 205 Å². The van der Waals surface area contributed by atoms with Crippen molar-refractivity contribution < 1.29 is 19.2 Å². The van der Waals surface area contributed by atoms with Crippen LogP contribution in [0.2, 0.25) is 0 Å². The molecule has 0 aliphatic carbocycles. The molecule has 0 radical (unpaired) electrons. The van der Waals surface area contributed by atoms with E-state index >= 15 is 0 Å². The minimum absolute atomic E-state index is 0.0592. The van der Waals surface area contributed by atoms with E-state index in [4.69, 9.17) is 0 Å². The first kappa shape index (κ1) is 22.7. The molecule has 3 aromatic carbocycles. The van der Waals surface area contributed by atoms with Crippen LogP contribution in [0.15, 0.2) is 95.1 Å². The van der Waals surface area contributed by atoms with Crippen molar-refractivity contribution in [1.82, 2.24) is 0 Å². The van der Waals surface area contributed by atoms with Crippen LogP contribution in [0.25, 0.3) is 0 Å². The van der Waals surface area contributed by atoms with Gasteiger partial charge in [-0.15, -0.1) is 0 Å². The lowest BCUT2D eigenvalue weighted by molar-refractivity contribution is -0.122. The highest BCUT2D eigenvalue weighted by molar-refractivity contribution is 6.57. The van der Waals surface area contributed by atoms with Gasteiger partial charge in [0.2, 0.25) is 11.8 Å². The maximum Gasteiger partial charge on any atom is 0.281 e. The van der Waals surface area contributed by atoms with Crippen LogP contribution in [0.5, 0.6) is 0 Å². The van der Waals surface area contributed by atoms with E-state index in [1.807, 2.05) is 36.4 Å². The van der Waals surface area contributed by atoms with E-state index in [0.717, 1.165) is 9.80 Å². The first-order valence-corrected chi connectivity index (χ1v) is 11.1. The zero-order valence-corrected chi connectivity index (χ0v) is 18.9. The Morgan fingerprint density at radius 3 is 1.39 bits per heavy atom. The van der Waals surface area contributed by atoms with Gasteiger partial charge in [-0.3, -0.25) is 30.0 Å². The lowest BCUT2D eigenvalue weighted by atomic mass is 10.2. The van der Waals surface area contributed by atoms with Crippen LogP contribution in [-0.2, 0) is 19.2 Å². The third-order valence-corrected chi connectivity index (χ3v) is 5.57. The fourth-order valence-corrected chi connectivity index (χ4v) is 3.84. The Bertz CT molecular complexity index is 1310. The number of anilines is 4. The SMILES string of the molecule is O=C1CC(=NNc2ccccc2)C(=O)N1c1cccc(N2C(=O)CC(=NNc3ccccc3)C2=O)c1. The van der Waals surface area contributed by atoms with Crippen molar-refractivity contribution in [2.24, 2.45) is 10.2 Å². The summed E-state index contributed by atoms with van der Waals surface area (Å²) in [7, 11) is 0. The molecule has 178 valence electrons. The maximum absolute atomic E-state index is 12.9. The highest BCUT2D eigenvalue weighted by Gasteiger charge is 2.39. The monoisotopic (exact) mass is 480 g/mol. The fourth-order valence-electron chi connectivity index (χ4n) is 3.84. The molecule has 2 heterocycles. The van der Waals surface area contributed by atoms with Gasteiger partial charge in [-0.2, -0.15) is 10.2 Å². The van der Waals surface area contributed by atoms with Crippen molar-refractivity contribution in [3.8, 4) is 0 Å². The summed E-state index contributed by atoms with van der Waals surface area (Å²) in [5, 5.41) is 8.19. The standard InChI is InChI=1S/C26H20N6O4/c33-23-15-21(29-27-17-8-3-1-4-9-17)25(35)31(23)19-12-7-13-20(14-19)32-24(34)16-22(26(32)36)30-28-18-10-5-2-6-11-18/h1-14,27-28H,15-16H2. The van der Waals surface area contributed by atoms with Crippen molar-refractivity contribution in [3.63, 3.8) is 0 Å². The van der Waals surface area contributed by atoms with E-state index in [0.29, 0.717) is 11.4 Å². The molecule has 3 aromatic rings. The van der Waals surface area contributed by atoms with Crippen molar-refractivity contribution in [3.05, 3.63) is 84.9 Å². The molecule has 0 aromatic heterocycles. The van der Waals surface area contributed by atoms with Gasteiger partial charge in [0.25, 0.3) is 11.8 Å². The zero-order chi connectivity index (χ0) is 25.1. The number of nitrogens with zero attached hydrogens (tertiary/aromatic N) is 4. The zero-order valence-electron chi connectivity index (χ0n) is 18.9. The molecule has 2 aliphatic rings. The normalized spacial score (nSPS) is 18.0. The molecule has 2 fully saturated rings. The number of rotatable bonds is 6. The average Bonchev–Trinajstić information content (AvgIpc) is 3.35. The van der Waals surface area contributed by atoms with Crippen molar-refractivity contribution in [2.75, 3.05) is 20.7 Å². The number of hydrazone groups is 2. The number of carbonyl (C=O) groups is 4. The summed E-state index contributed by atoms with van der Waals surface area (Å²) in [6.07, 6.45) is -0.348. The molecule has 2 saturated heterocycles. The average molecular weight is 480 g/mol. The van der Waals surface area contributed by atoms with Crippen LogP contribution in [-0.4, -0.2) is 35.1 Å². The minimum atomic E-state index is -0.575. The number of benzene rings is 3. The summed E-state index contributed by atoms with van der Waals surface area (Å²) >= 11 is 0. The van der Waals surface area contributed by atoms with E-state index in [9.17, 15) is 19.2 Å². The van der Waals surface area contributed by atoms with Crippen LogP contribution in [0.3, 0.4) is 0 Å². The number of hydrogen-bond acceptors (Lipinski definition) is 8. The molecule has 0 spiro atoms. The van der Waals surface area contributed by atoms with Crippen LogP contribution in [0, 0.1) is 0 Å². The first-order valence-electron chi connectivity index (χ1n) is 11.1. The van der Waals surface area contributed by atoms with E-state index < -0.39 is 23.6 Å². The van der Waals surface area contributed by atoms with Gasteiger partial charge >= 0.3 is 0 Å². The van der Waals surface area contributed by atoms with Crippen LogP contribution < -0.4 is 20.7 Å². The second-order valence-electron chi connectivity index (χ2n) is 8.01. The molecular formula is C26H20N6O4. The highest BCUT2D eigenvalue weighted by Crippen LogP contribution is 2.29. The number of nitrogens with one attached hydrogen (secondary N) is 2. The molecule has 0 saturated carbocycles. The van der Waals surface area contributed by atoms with Gasteiger partial charge in [0.15, 0.2) is 0 Å². The van der Waals surface area contributed by atoms with Gasteiger partial charge in [-0.1, -0.05) is 42.5 Å². The van der Waals surface area contributed by atoms with E-state index in [1.54, 1.807) is 42.5 Å². The van der Waals surface area contributed by atoms with E-state index in [-0.39, 0.29) is 35.6 Å². The Kier molecular flexibility index (Phi) is 6.06. The highest BCUT2D eigenvalue weighted by atomic mass is 16.2. The fraction of sp³-hybridized carbons (Fsp3) is 0.0769. The van der Waals surface area contributed by atoms with Gasteiger partial charge in [-0.25, -0.2) is 9.80 Å². The molecule has 10 nitrogen and oxygen atoms in total. The van der Waals surface area contributed by atoms with Gasteiger partial charge in [0, 0.05) is 0 Å². The second kappa shape index (κ2) is 9.63. The van der Waals surface area contributed by atoms with Crippen LogP contribution in [0.4, 0.5) is 22.7 Å². The summed E-state index contributed by atoms with van der Waals surface area (Å²) < 4.78 is 0. The van der Waals surface area contributed by atoms with Crippen molar-refractivity contribution in [1.29, 1.82) is 0 Å². The predicted molar refractivity (Wildman–Crippen MR) is 136 cm³/mol. The maximum atomic E-state index is 12.9. The number of imide groups is 2. The predicted octanol–water partition coefficient (Wildman–Crippen LogP) is 3.15. The quantitative estimate of drug-likeness (QED) is 0.413. The summed E-state index contributed by atoms with van der Waals surface area (Å²) in [5.41, 5.74) is 7.50. The molecule has 10 heteroatoms. The van der Waals surface area contributed by atoms with E-state index in [2.05, 4.69) is 21.1 Å². The molecule has 5 rings (SSSR count). The van der Waals surface area contributed by atoms with Crippen LogP contribution >= 0.6 is 0 Å². The van der Waals surface area contributed by atoms with Gasteiger partial charge < -0.3 is 0 Å². The van der Waals surface area contributed by atoms with Gasteiger partial charge in [-0.05, 0) is 42.5 Å². The molecule has 2 aliphatic heterocycles. The Morgan fingerprint density at radius 1 is 0.556 bits per heavy atom. The third-order valence-electron chi connectivity index (χ3n) is 5.57. The first-order chi connectivity index (χ1) is 17.5. The summed E-state index contributed by atoms with van der Waals surface area (Å²) in [6, 6.07) is 24.2. The summed E-state index contributed by atoms with van der Waals surface area (Å²) in [5.74, 6) is -2.07. The Hall–Kier alpha value is -5.12. The number of carbonyl (C=O) groups excluding carboxylic acids is 4. The number of hydrogen-bond donors (Lipinski definition) is 2. The lowest BCUT2D eigenvalue weighted by Crippen LogP contribution is -2.33. The third kappa shape index (κ3) is 4.47. The van der Waals surface area contributed by atoms with Crippen molar-refractivity contribution in [2.45, 2.75) is 12.8 Å². The largest absolute Gasteiger partial charge is 0.281 e. The molecule has 2 N–H and O–H groups in total. The van der Waals surface area contributed by atoms with Crippen LogP contribution in [0.1, 0.15) is 12.8 Å². The van der Waals surface area contributed by atoms with Gasteiger partial charge in [0.1, 0.15) is 11.4 Å². The van der Waals surface area contributed by atoms with Crippen molar-refractivity contribution >= 4 is 57.8 Å².